The van der Waals surface area contributed by atoms with Crippen LogP contribution >= 0.6 is 0 Å². The lowest BCUT2D eigenvalue weighted by molar-refractivity contribution is -0.116. The van der Waals surface area contributed by atoms with Crippen LogP contribution in [0.4, 0.5) is 5.69 Å². The largest absolute Gasteiger partial charge is 0.353 e. The van der Waals surface area contributed by atoms with Gasteiger partial charge in [-0.25, -0.2) is 0 Å². The van der Waals surface area contributed by atoms with Crippen LogP contribution in [-0.2, 0) is 4.79 Å². The lowest BCUT2D eigenvalue weighted by Crippen LogP contribution is -2.13. The summed E-state index contributed by atoms with van der Waals surface area (Å²) in [7, 11) is 0. The van der Waals surface area contributed by atoms with Crippen molar-refractivity contribution >= 4 is 33.4 Å². The van der Waals surface area contributed by atoms with Crippen LogP contribution < -0.4 is 5.32 Å². The first kappa shape index (κ1) is 19.0. The number of rotatable bonds is 5. The van der Waals surface area contributed by atoms with E-state index in [2.05, 4.69) is 42.6 Å². The van der Waals surface area contributed by atoms with Gasteiger partial charge >= 0.3 is 0 Å². The summed E-state index contributed by atoms with van der Waals surface area (Å²) >= 11 is 0. The van der Waals surface area contributed by atoms with Crippen LogP contribution in [0, 0.1) is 5.92 Å². The van der Waals surface area contributed by atoms with Crippen molar-refractivity contribution in [2.45, 2.75) is 20.3 Å². The van der Waals surface area contributed by atoms with Crippen molar-refractivity contribution in [1.29, 1.82) is 0 Å². The molecule has 0 saturated heterocycles. The topological polar surface area (TPSA) is 99.3 Å². The Morgan fingerprint density at radius 3 is 2.74 bits per heavy atom. The Labute approximate surface area is 178 Å². The molecule has 1 amide bonds. The minimum atomic E-state index is -0.00479. The highest BCUT2D eigenvalue weighted by molar-refractivity contribution is 5.98. The molecule has 4 heterocycles. The van der Waals surface area contributed by atoms with E-state index in [0.29, 0.717) is 18.0 Å². The van der Waals surface area contributed by atoms with E-state index in [4.69, 9.17) is 0 Å². The number of amides is 1. The van der Waals surface area contributed by atoms with Crippen LogP contribution in [0.3, 0.4) is 0 Å². The molecule has 0 saturated carbocycles. The number of hydrogen-bond acceptors (Lipinski definition) is 4. The summed E-state index contributed by atoms with van der Waals surface area (Å²) in [6.45, 7) is 4.05. The van der Waals surface area contributed by atoms with Crippen LogP contribution in [0.5, 0.6) is 0 Å². The van der Waals surface area contributed by atoms with Crippen LogP contribution in [0.15, 0.2) is 61.2 Å². The summed E-state index contributed by atoms with van der Waals surface area (Å²) in [5, 5.41) is 12.6. The molecule has 1 aromatic carbocycles. The quantitative estimate of drug-likeness (QED) is 0.373. The van der Waals surface area contributed by atoms with Gasteiger partial charge in [0.15, 0.2) is 0 Å². The Morgan fingerprint density at radius 2 is 1.90 bits per heavy atom. The summed E-state index contributed by atoms with van der Waals surface area (Å²) in [6.07, 6.45) is 7.55. The molecule has 0 atom stereocenters. The number of aromatic amines is 2. The summed E-state index contributed by atoms with van der Waals surface area (Å²) < 4.78 is 0. The van der Waals surface area contributed by atoms with E-state index >= 15 is 0 Å². The van der Waals surface area contributed by atoms with E-state index in [1.54, 1.807) is 18.6 Å². The van der Waals surface area contributed by atoms with Gasteiger partial charge in [0.2, 0.25) is 5.91 Å². The van der Waals surface area contributed by atoms with Crippen LogP contribution in [0.1, 0.15) is 20.3 Å². The maximum atomic E-state index is 12.1. The highest BCUT2D eigenvalue weighted by atomic mass is 16.1. The van der Waals surface area contributed by atoms with Gasteiger partial charge in [-0.05, 0) is 41.8 Å². The average molecular weight is 410 g/mol. The molecule has 0 aliphatic carbocycles. The molecule has 31 heavy (non-hydrogen) atoms. The van der Waals surface area contributed by atoms with Gasteiger partial charge in [0, 0.05) is 46.9 Å². The van der Waals surface area contributed by atoms with Crippen molar-refractivity contribution in [3.05, 3.63) is 61.2 Å². The number of fused-ring (bicyclic) bond motifs is 2. The molecule has 0 spiro atoms. The van der Waals surface area contributed by atoms with E-state index in [1.165, 1.54) is 0 Å². The number of hydrogen-bond donors (Lipinski definition) is 3. The minimum Gasteiger partial charge on any atom is -0.353 e. The van der Waals surface area contributed by atoms with Gasteiger partial charge in [-0.3, -0.25) is 19.9 Å². The van der Waals surface area contributed by atoms with Gasteiger partial charge < -0.3 is 10.3 Å². The smallest absolute Gasteiger partial charge is 0.224 e. The molecule has 0 fully saturated rings. The Kier molecular flexibility index (Phi) is 4.71. The highest BCUT2D eigenvalue weighted by Gasteiger charge is 2.13. The second-order valence-corrected chi connectivity index (χ2v) is 8.09. The maximum absolute atomic E-state index is 12.1. The van der Waals surface area contributed by atoms with Crippen molar-refractivity contribution in [3.8, 4) is 22.5 Å². The van der Waals surface area contributed by atoms with E-state index < -0.39 is 0 Å². The van der Waals surface area contributed by atoms with Crippen LogP contribution in [0.25, 0.3) is 44.3 Å². The Hall–Kier alpha value is -4.00. The second kappa shape index (κ2) is 7.68. The predicted molar refractivity (Wildman–Crippen MR) is 122 cm³/mol. The van der Waals surface area contributed by atoms with Crippen molar-refractivity contribution in [1.82, 2.24) is 25.1 Å². The number of pyridine rings is 2. The van der Waals surface area contributed by atoms with Crippen LogP contribution in [0.2, 0.25) is 0 Å². The fourth-order valence-corrected chi connectivity index (χ4v) is 3.75. The molecule has 0 radical (unpaired) electrons. The molecule has 7 heteroatoms. The van der Waals surface area contributed by atoms with Gasteiger partial charge in [0.05, 0.1) is 23.1 Å². The van der Waals surface area contributed by atoms with Crippen molar-refractivity contribution < 1.29 is 4.79 Å². The molecule has 154 valence electrons. The zero-order chi connectivity index (χ0) is 21.4. The number of carbonyl (C=O) groups excluding carboxylic acids is 1. The van der Waals surface area contributed by atoms with Gasteiger partial charge in [-0.1, -0.05) is 19.9 Å². The first-order valence-electron chi connectivity index (χ1n) is 10.2. The number of H-pyrrole nitrogens is 2. The first-order valence-corrected chi connectivity index (χ1v) is 10.2. The van der Waals surface area contributed by atoms with Gasteiger partial charge in [0.1, 0.15) is 5.69 Å². The maximum Gasteiger partial charge on any atom is 0.224 e. The standard InChI is InChI=1S/C24H22N6O/c1-14(2)7-23(31)27-18-8-16(11-26-13-18)15-3-4-21-19(9-15)24(30-29-21)22-10-17-12-25-6-5-20(17)28-22/h3-6,8-14,28H,7H2,1-2H3,(H,27,31)(H,29,30). The summed E-state index contributed by atoms with van der Waals surface area (Å²) in [4.78, 5) is 24.0. The third-order valence-corrected chi connectivity index (χ3v) is 5.19. The molecular formula is C24H22N6O. The fraction of sp³-hybridized carbons (Fsp3) is 0.167. The minimum absolute atomic E-state index is 0.00479. The molecule has 0 bridgehead atoms. The molecular weight excluding hydrogens is 388 g/mol. The van der Waals surface area contributed by atoms with Gasteiger partial charge in [0.25, 0.3) is 0 Å². The lowest BCUT2D eigenvalue weighted by atomic mass is 10.0. The molecule has 3 N–H and O–H groups in total. The molecule has 4 aromatic heterocycles. The number of benzene rings is 1. The molecule has 5 aromatic rings. The zero-order valence-corrected chi connectivity index (χ0v) is 17.3. The van der Waals surface area contributed by atoms with E-state index in [9.17, 15) is 4.79 Å². The average Bonchev–Trinajstić information content (AvgIpc) is 3.36. The lowest BCUT2D eigenvalue weighted by Gasteiger charge is -2.09. The SMILES string of the molecule is CC(C)CC(=O)Nc1cncc(-c2ccc3[nH]nc(-c4cc5cnccc5[nH]4)c3c2)c1. The number of nitrogens with zero attached hydrogens (tertiary/aromatic N) is 3. The monoisotopic (exact) mass is 410 g/mol. The summed E-state index contributed by atoms with van der Waals surface area (Å²) in [6, 6.07) is 12.1. The zero-order valence-electron chi connectivity index (χ0n) is 17.3. The first-order chi connectivity index (χ1) is 15.1. The molecule has 0 unspecified atom stereocenters. The number of nitrogens with one attached hydrogen (secondary N) is 3. The Morgan fingerprint density at radius 1 is 1.00 bits per heavy atom. The van der Waals surface area contributed by atoms with Gasteiger partial charge in [-0.2, -0.15) is 5.10 Å². The third kappa shape index (κ3) is 3.77. The second-order valence-electron chi connectivity index (χ2n) is 8.09. The Balaban J connectivity index is 1.51. The molecule has 5 rings (SSSR count). The van der Waals surface area contributed by atoms with Crippen molar-refractivity contribution in [2.24, 2.45) is 5.92 Å². The number of anilines is 1. The molecule has 0 aliphatic heterocycles. The molecule has 0 aliphatic rings. The predicted octanol–water partition coefficient (Wildman–Crippen LogP) is 5.15. The van der Waals surface area contributed by atoms with E-state index in [1.807, 2.05) is 44.3 Å². The molecule has 7 nitrogen and oxygen atoms in total. The Bertz CT molecular complexity index is 1360. The summed E-state index contributed by atoms with van der Waals surface area (Å²) in [5.74, 6) is 0.299. The van der Waals surface area contributed by atoms with Crippen LogP contribution in [-0.4, -0.2) is 31.1 Å². The van der Waals surface area contributed by atoms with E-state index in [0.717, 1.165) is 44.3 Å². The summed E-state index contributed by atoms with van der Waals surface area (Å²) in [5.41, 5.74) is 6.37. The van der Waals surface area contributed by atoms with Crippen molar-refractivity contribution in [3.63, 3.8) is 0 Å². The highest BCUT2D eigenvalue weighted by Crippen LogP contribution is 2.32. The van der Waals surface area contributed by atoms with Crippen molar-refractivity contribution in [2.75, 3.05) is 5.32 Å². The normalized spacial score (nSPS) is 11.5. The van der Waals surface area contributed by atoms with E-state index in [-0.39, 0.29) is 5.91 Å². The van der Waals surface area contributed by atoms with Gasteiger partial charge in [-0.15, -0.1) is 0 Å². The number of aromatic nitrogens is 5. The fourth-order valence-electron chi connectivity index (χ4n) is 3.75. The third-order valence-electron chi connectivity index (χ3n) is 5.19. The number of carbonyl (C=O) groups is 1.